The lowest BCUT2D eigenvalue weighted by Crippen LogP contribution is -2.27. The average Bonchev–Trinajstić information content (AvgIpc) is 2.36. The molecule has 4 N–H and O–H groups in total. The second-order valence-corrected chi connectivity index (χ2v) is 2.53. The normalized spacial score (nSPS) is 13.4. The van der Waals surface area contributed by atoms with Crippen LogP contribution >= 0.6 is 0 Å². The number of aliphatic hydroxyl groups is 1. The molecule has 0 aromatic carbocycles. The molecule has 1 rings (SSSR count). The van der Waals surface area contributed by atoms with Crippen LogP contribution in [-0.4, -0.2) is 16.2 Å². The fourth-order valence-corrected chi connectivity index (χ4v) is 0.951. The van der Waals surface area contributed by atoms with Gasteiger partial charge in [-0.05, 0) is 11.6 Å². The summed E-state index contributed by atoms with van der Waals surface area (Å²) < 4.78 is 1.88. The van der Waals surface area contributed by atoms with E-state index in [2.05, 4.69) is 5.43 Å². The molecule has 0 aliphatic carbocycles. The minimum absolute atomic E-state index is 0.379. The Hall–Kier alpha value is -0.840. The molecule has 1 unspecified atom stereocenters. The van der Waals surface area contributed by atoms with Crippen molar-refractivity contribution in [1.82, 2.24) is 9.99 Å². The molecule has 0 saturated carbocycles. The highest BCUT2D eigenvalue weighted by atomic mass is 16.3. The largest absolute Gasteiger partial charge is 0.387 e. The summed E-state index contributed by atoms with van der Waals surface area (Å²) in [4.78, 5) is 0. The molecule has 0 radical (unpaired) electrons. The first-order valence-electron chi connectivity index (χ1n) is 3.47. The smallest absolute Gasteiger partial charge is 0.0942 e. The Bertz CT molecular complexity index is 221. The molecule has 1 aromatic heterocycles. The van der Waals surface area contributed by atoms with Crippen molar-refractivity contribution in [3.8, 4) is 0 Å². The number of hydrazine groups is 1. The molecule has 0 aliphatic heterocycles. The lowest BCUT2D eigenvalue weighted by atomic mass is 10.2. The SMILES string of the molecule is Cn1ccc(C(O)CNN)c1. The van der Waals surface area contributed by atoms with Gasteiger partial charge in [-0.15, -0.1) is 0 Å². The molecule has 62 valence electrons. The molecule has 1 aromatic rings. The highest BCUT2D eigenvalue weighted by Crippen LogP contribution is 2.10. The lowest BCUT2D eigenvalue weighted by molar-refractivity contribution is 0.175. The Morgan fingerprint density at radius 3 is 3.00 bits per heavy atom. The van der Waals surface area contributed by atoms with Crippen molar-refractivity contribution in [2.45, 2.75) is 6.10 Å². The summed E-state index contributed by atoms with van der Waals surface area (Å²) >= 11 is 0. The molecule has 11 heavy (non-hydrogen) atoms. The first kappa shape index (κ1) is 8.26. The Labute approximate surface area is 65.6 Å². The number of aliphatic hydroxyl groups excluding tert-OH is 1. The molecule has 0 aliphatic rings. The third-order valence-electron chi connectivity index (χ3n) is 1.55. The minimum atomic E-state index is -0.513. The molecular weight excluding hydrogens is 142 g/mol. The third-order valence-corrected chi connectivity index (χ3v) is 1.55. The summed E-state index contributed by atoms with van der Waals surface area (Å²) in [6.45, 7) is 0.379. The number of nitrogens with zero attached hydrogens (tertiary/aromatic N) is 1. The zero-order chi connectivity index (χ0) is 8.27. The summed E-state index contributed by atoms with van der Waals surface area (Å²) in [5.41, 5.74) is 3.30. The number of aromatic nitrogens is 1. The van der Waals surface area contributed by atoms with Gasteiger partial charge in [0.2, 0.25) is 0 Å². The van der Waals surface area contributed by atoms with Crippen molar-refractivity contribution in [3.05, 3.63) is 24.0 Å². The molecule has 0 amide bonds. The second kappa shape index (κ2) is 3.52. The van der Waals surface area contributed by atoms with Crippen LogP contribution in [0.4, 0.5) is 0 Å². The quantitative estimate of drug-likeness (QED) is 0.408. The van der Waals surface area contributed by atoms with Gasteiger partial charge >= 0.3 is 0 Å². The van der Waals surface area contributed by atoms with Crippen molar-refractivity contribution in [2.75, 3.05) is 6.54 Å². The van der Waals surface area contributed by atoms with Crippen molar-refractivity contribution in [2.24, 2.45) is 12.9 Å². The summed E-state index contributed by atoms with van der Waals surface area (Å²) in [6.07, 6.45) is 3.23. The zero-order valence-corrected chi connectivity index (χ0v) is 6.49. The van der Waals surface area contributed by atoms with Gasteiger partial charge in [-0.2, -0.15) is 0 Å². The number of hydrogen-bond acceptors (Lipinski definition) is 3. The van der Waals surface area contributed by atoms with E-state index >= 15 is 0 Å². The van der Waals surface area contributed by atoms with Crippen molar-refractivity contribution < 1.29 is 5.11 Å². The van der Waals surface area contributed by atoms with E-state index in [1.54, 1.807) is 0 Å². The fraction of sp³-hybridized carbons (Fsp3) is 0.429. The summed E-state index contributed by atoms with van der Waals surface area (Å²) in [5, 5.41) is 9.38. The number of aryl methyl sites for hydroxylation is 1. The van der Waals surface area contributed by atoms with Crippen molar-refractivity contribution in [1.29, 1.82) is 0 Å². The summed E-state index contributed by atoms with van der Waals surface area (Å²) in [6, 6.07) is 1.86. The highest BCUT2D eigenvalue weighted by molar-refractivity contribution is 5.13. The molecule has 1 atom stereocenters. The van der Waals surface area contributed by atoms with Gasteiger partial charge in [0.05, 0.1) is 6.10 Å². The van der Waals surface area contributed by atoms with Crippen LogP contribution in [0.2, 0.25) is 0 Å². The standard InChI is InChI=1S/C7H13N3O/c1-10-3-2-6(5-10)7(11)4-9-8/h2-3,5,7,9,11H,4,8H2,1H3. The Balaban J connectivity index is 2.60. The maximum Gasteiger partial charge on any atom is 0.0942 e. The van der Waals surface area contributed by atoms with E-state index in [0.29, 0.717) is 6.54 Å². The van der Waals surface area contributed by atoms with Gasteiger partial charge in [-0.1, -0.05) is 0 Å². The number of nitrogens with two attached hydrogens (primary N) is 1. The van der Waals surface area contributed by atoms with Crippen LogP contribution in [0.15, 0.2) is 18.5 Å². The van der Waals surface area contributed by atoms with Crippen LogP contribution < -0.4 is 11.3 Å². The first-order valence-corrected chi connectivity index (χ1v) is 3.47. The number of nitrogens with one attached hydrogen (secondary N) is 1. The van der Waals surface area contributed by atoms with Gasteiger partial charge < -0.3 is 9.67 Å². The summed E-state index contributed by atoms with van der Waals surface area (Å²) in [7, 11) is 1.91. The second-order valence-electron chi connectivity index (χ2n) is 2.53. The molecule has 1 heterocycles. The van der Waals surface area contributed by atoms with Gasteiger partial charge in [0.15, 0.2) is 0 Å². The van der Waals surface area contributed by atoms with Crippen LogP contribution in [0.5, 0.6) is 0 Å². The minimum Gasteiger partial charge on any atom is -0.387 e. The predicted molar refractivity (Wildman–Crippen MR) is 42.6 cm³/mol. The van der Waals surface area contributed by atoms with Crippen LogP contribution in [0, 0.1) is 0 Å². The molecule has 0 saturated heterocycles. The van der Waals surface area contributed by atoms with E-state index in [9.17, 15) is 5.11 Å². The van der Waals surface area contributed by atoms with Crippen LogP contribution in [-0.2, 0) is 7.05 Å². The average molecular weight is 155 g/mol. The van der Waals surface area contributed by atoms with E-state index in [1.165, 1.54) is 0 Å². The number of hydrogen-bond donors (Lipinski definition) is 3. The van der Waals surface area contributed by atoms with Gasteiger partial charge in [0.25, 0.3) is 0 Å². The number of rotatable bonds is 3. The van der Waals surface area contributed by atoms with E-state index < -0.39 is 6.10 Å². The van der Waals surface area contributed by atoms with Gasteiger partial charge in [-0.3, -0.25) is 11.3 Å². The first-order chi connectivity index (χ1) is 5.24. The van der Waals surface area contributed by atoms with E-state index in [1.807, 2.05) is 30.1 Å². The predicted octanol–water partition coefficient (Wildman–Crippen LogP) is -0.478. The maximum absolute atomic E-state index is 9.38. The van der Waals surface area contributed by atoms with E-state index in [0.717, 1.165) is 5.56 Å². The Kier molecular flexibility index (Phi) is 2.64. The summed E-state index contributed by atoms with van der Waals surface area (Å²) in [5.74, 6) is 5.06. The van der Waals surface area contributed by atoms with Crippen molar-refractivity contribution >= 4 is 0 Å². The molecular formula is C7H13N3O. The van der Waals surface area contributed by atoms with E-state index in [4.69, 9.17) is 5.84 Å². The maximum atomic E-state index is 9.38. The van der Waals surface area contributed by atoms with Gasteiger partial charge in [-0.25, -0.2) is 0 Å². The topological polar surface area (TPSA) is 63.2 Å². The zero-order valence-electron chi connectivity index (χ0n) is 6.49. The molecule has 4 nitrogen and oxygen atoms in total. The van der Waals surface area contributed by atoms with Gasteiger partial charge in [0, 0.05) is 26.0 Å². The van der Waals surface area contributed by atoms with E-state index in [-0.39, 0.29) is 0 Å². The monoisotopic (exact) mass is 155 g/mol. The Morgan fingerprint density at radius 2 is 2.55 bits per heavy atom. The molecule has 0 fully saturated rings. The fourth-order valence-electron chi connectivity index (χ4n) is 0.951. The van der Waals surface area contributed by atoms with Crippen LogP contribution in [0.3, 0.4) is 0 Å². The molecule has 0 spiro atoms. The van der Waals surface area contributed by atoms with Gasteiger partial charge in [0.1, 0.15) is 0 Å². The molecule has 0 bridgehead atoms. The highest BCUT2D eigenvalue weighted by Gasteiger charge is 2.05. The van der Waals surface area contributed by atoms with Crippen LogP contribution in [0.1, 0.15) is 11.7 Å². The van der Waals surface area contributed by atoms with Crippen molar-refractivity contribution in [3.63, 3.8) is 0 Å². The van der Waals surface area contributed by atoms with Crippen LogP contribution in [0.25, 0.3) is 0 Å². The Morgan fingerprint density at radius 1 is 1.82 bits per heavy atom. The third kappa shape index (κ3) is 2.04. The molecule has 4 heteroatoms. The lowest BCUT2D eigenvalue weighted by Gasteiger charge is -2.06.